The zero-order valence-corrected chi connectivity index (χ0v) is 13.2. The fourth-order valence-corrected chi connectivity index (χ4v) is 3.47. The molecule has 0 atom stereocenters. The molecule has 3 rings (SSSR count). The van der Waals surface area contributed by atoms with Crippen LogP contribution in [0.25, 0.3) is 0 Å². The minimum atomic E-state index is 0.672. The van der Waals surface area contributed by atoms with Gasteiger partial charge in [0.2, 0.25) is 0 Å². The van der Waals surface area contributed by atoms with Gasteiger partial charge in [0.15, 0.2) is 0 Å². The Bertz CT molecular complexity index is 564. The number of anilines is 1. The molecule has 0 amide bonds. The first-order valence-electron chi connectivity index (χ1n) is 7.00. The maximum absolute atomic E-state index is 6.40. The van der Waals surface area contributed by atoms with Gasteiger partial charge in [-0.15, -0.1) is 11.3 Å². The lowest BCUT2D eigenvalue weighted by Crippen LogP contribution is -2.26. The molecule has 2 aromatic rings. The summed E-state index contributed by atoms with van der Waals surface area (Å²) in [6.45, 7) is 1.79. The van der Waals surface area contributed by atoms with Crippen molar-refractivity contribution in [2.24, 2.45) is 0 Å². The van der Waals surface area contributed by atoms with Gasteiger partial charge in [0.05, 0.1) is 6.54 Å². The molecule has 4 heteroatoms. The lowest BCUT2D eigenvalue weighted by atomic mass is 10.1. The van der Waals surface area contributed by atoms with E-state index in [1.807, 2.05) is 24.5 Å². The molecule has 0 bridgehead atoms. The van der Waals surface area contributed by atoms with Crippen LogP contribution in [0.2, 0.25) is 5.02 Å². The highest BCUT2D eigenvalue weighted by Crippen LogP contribution is 2.37. The van der Waals surface area contributed by atoms with Gasteiger partial charge < -0.3 is 10.2 Å². The Balaban J connectivity index is 1.93. The van der Waals surface area contributed by atoms with Crippen molar-refractivity contribution in [2.75, 3.05) is 11.9 Å². The Morgan fingerprint density at radius 2 is 2.15 bits per heavy atom. The Kier molecular flexibility index (Phi) is 4.29. The van der Waals surface area contributed by atoms with Crippen LogP contribution in [0, 0.1) is 0 Å². The lowest BCUT2D eigenvalue weighted by molar-refractivity contribution is 0.770. The van der Waals surface area contributed by atoms with Gasteiger partial charge in [-0.05, 0) is 43.5 Å². The maximum atomic E-state index is 6.40. The summed E-state index contributed by atoms with van der Waals surface area (Å²) in [5.74, 6) is 0. The molecule has 0 aliphatic heterocycles. The van der Waals surface area contributed by atoms with Crippen LogP contribution in [0.1, 0.15) is 23.3 Å². The number of halogens is 1. The molecular formula is C16H19ClN2S. The number of hydrogen-bond donors (Lipinski definition) is 1. The molecule has 1 aliphatic rings. The third-order valence-electron chi connectivity index (χ3n) is 3.65. The van der Waals surface area contributed by atoms with Crippen LogP contribution in [0.3, 0.4) is 0 Å². The van der Waals surface area contributed by atoms with Crippen LogP contribution in [-0.2, 0) is 13.1 Å². The Labute approximate surface area is 129 Å². The highest BCUT2D eigenvalue weighted by molar-refractivity contribution is 7.09. The highest BCUT2D eigenvalue weighted by Gasteiger charge is 2.31. The summed E-state index contributed by atoms with van der Waals surface area (Å²) in [4.78, 5) is 3.93. The first kappa shape index (κ1) is 13.9. The smallest absolute Gasteiger partial charge is 0.0526 e. The van der Waals surface area contributed by atoms with Gasteiger partial charge in [-0.2, -0.15) is 0 Å². The number of rotatable bonds is 6. The van der Waals surface area contributed by atoms with E-state index in [1.165, 1.54) is 29.0 Å². The highest BCUT2D eigenvalue weighted by atomic mass is 35.5. The molecule has 106 valence electrons. The summed E-state index contributed by atoms with van der Waals surface area (Å²) < 4.78 is 0. The molecule has 2 nitrogen and oxygen atoms in total. The first-order chi connectivity index (χ1) is 9.79. The molecule has 1 fully saturated rings. The van der Waals surface area contributed by atoms with Crippen LogP contribution in [0.4, 0.5) is 5.69 Å². The monoisotopic (exact) mass is 306 g/mol. The average Bonchev–Trinajstić information content (AvgIpc) is 3.16. The fourth-order valence-electron chi connectivity index (χ4n) is 2.54. The SMILES string of the molecule is CNCc1c(Cl)cccc1N(Cc1cccs1)C1CC1. The van der Waals surface area contributed by atoms with Crippen molar-refractivity contribution < 1.29 is 0 Å². The van der Waals surface area contributed by atoms with E-state index in [1.54, 1.807) is 0 Å². The van der Waals surface area contributed by atoms with Gasteiger partial charge in [-0.1, -0.05) is 23.7 Å². The molecule has 1 aromatic heterocycles. The van der Waals surface area contributed by atoms with E-state index in [9.17, 15) is 0 Å². The first-order valence-corrected chi connectivity index (χ1v) is 8.26. The number of hydrogen-bond acceptors (Lipinski definition) is 3. The normalized spacial score (nSPS) is 14.5. The number of benzene rings is 1. The van der Waals surface area contributed by atoms with Gasteiger partial charge in [-0.3, -0.25) is 0 Å². The van der Waals surface area contributed by atoms with Crippen molar-refractivity contribution in [3.05, 3.63) is 51.2 Å². The van der Waals surface area contributed by atoms with Crippen LogP contribution in [0.15, 0.2) is 35.7 Å². The Hall–Kier alpha value is -1.03. The number of thiophene rings is 1. The van der Waals surface area contributed by atoms with Crippen molar-refractivity contribution in [3.63, 3.8) is 0 Å². The minimum absolute atomic E-state index is 0.672. The Morgan fingerprint density at radius 1 is 1.30 bits per heavy atom. The molecular weight excluding hydrogens is 288 g/mol. The second-order valence-electron chi connectivity index (χ2n) is 5.21. The quantitative estimate of drug-likeness (QED) is 0.856. The van der Waals surface area contributed by atoms with Gasteiger partial charge in [0.25, 0.3) is 0 Å². The van der Waals surface area contributed by atoms with Crippen LogP contribution >= 0.6 is 22.9 Å². The predicted octanol–water partition coefficient (Wildman–Crippen LogP) is 4.29. The molecule has 0 saturated heterocycles. The summed E-state index contributed by atoms with van der Waals surface area (Å²) in [7, 11) is 1.97. The molecule has 1 aliphatic carbocycles. The van der Waals surface area contributed by atoms with Gasteiger partial charge in [0.1, 0.15) is 0 Å². The number of nitrogens with one attached hydrogen (secondary N) is 1. The zero-order valence-electron chi connectivity index (χ0n) is 11.6. The standard InChI is InChI=1S/C16H19ClN2S/c1-18-10-14-15(17)5-2-6-16(14)19(12-7-8-12)11-13-4-3-9-20-13/h2-6,9,12,18H,7-8,10-11H2,1H3. The van der Waals surface area contributed by atoms with Crippen molar-refractivity contribution in [3.8, 4) is 0 Å². The Morgan fingerprint density at radius 3 is 2.80 bits per heavy atom. The summed E-state index contributed by atoms with van der Waals surface area (Å²) in [6.07, 6.45) is 2.58. The fraction of sp³-hybridized carbons (Fsp3) is 0.375. The van der Waals surface area contributed by atoms with E-state index in [0.717, 1.165) is 18.1 Å². The topological polar surface area (TPSA) is 15.3 Å². The molecule has 1 aromatic carbocycles. The van der Waals surface area contributed by atoms with Gasteiger partial charge in [-0.25, -0.2) is 0 Å². The lowest BCUT2D eigenvalue weighted by Gasteiger charge is -2.27. The molecule has 0 unspecified atom stereocenters. The van der Waals surface area contributed by atoms with Crippen LogP contribution in [0.5, 0.6) is 0 Å². The summed E-state index contributed by atoms with van der Waals surface area (Å²) in [5, 5.41) is 6.23. The van der Waals surface area contributed by atoms with E-state index < -0.39 is 0 Å². The van der Waals surface area contributed by atoms with Crippen LogP contribution in [-0.4, -0.2) is 13.1 Å². The average molecular weight is 307 g/mol. The molecule has 1 N–H and O–H groups in total. The predicted molar refractivity (Wildman–Crippen MR) is 87.7 cm³/mol. The summed E-state index contributed by atoms with van der Waals surface area (Å²) in [5.41, 5.74) is 2.49. The van der Waals surface area contributed by atoms with E-state index >= 15 is 0 Å². The van der Waals surface area contributed by atoms with Gasteiger partial charge in [0, 0.05) is 33.7 Å². The third kappa shape index (κ3) is 3.00. The molecule has 1 heterocycles. The van der Waals surface area contributed by atoms with E-state index in [0.29, 0.717) is 6.04 Å². The number of nitrogens with zero attached hydrogens (tertiary/aromatic N) is 1. The molecule has 20 heavy (non-hydrogen) atoms. The van der Waals surface area contributed by atoms with Crippen molar-refractivity contribution >= 4 is 28.6 Å². The second kappa shape index (κ2) is 6.17. The maximum Gasteiger partial charge on any atom is 0.0526 e. The zero-order chi connectivity index (χ0) is 13.9. The van der Waals surface area contributed by atoms with Gasteiger partial charge >= 0.3 is 0 Å². The largest absolute Gasteiger partial charge is 0.363 e. The van der Waals surface area contributed by atoms with E-state index in [4.69, 9.17) is 11.6 Å². The summed E-state index contributed by atoms with van der Waals surface area (Å²) in [6, 6.07) is 11.2. The second-order valence-corrected chi connectivity index (χ2v) is 6.65. The van der Waals surface area contributed by atoms with E-state index in [-0.39, 0.29) is 0 Å². The molecule has 1 saturated carbocycles. The summed E-state index contributed by atoms with van der Waals surface area (Å²) >= 11 is 8.22. The van der Waals surface area contributed by atoms with Crippen LogP contribution < -0.4 is 10.2 Å². The molecule has 0 spiro atoms. The van der Waals surface area contributed by atoms with E-state index in [2.05, 4.69) is 39.9 Å². The molecule has 0 radical (unpaired) electrons. The third-order valence-corrected chi connectivity index (χ3v) is 4.87. The van der Waals surface area contributed by atoms with Crippen molar-refractivity contribution in [2.45, 2.75) is 32.0 Å². The minimum Gasteiger partial charge on any atom is -0.363 e. The van der Waals surface area contributed by atoms with Crippen molar-refractivity contribution in [1.29, 1.82) is 0 Å². The van der Waals surface area contributed by atoms with Crippen molar-refractivity contribution in [1.82, 2.24) is 5.32 Å².